The quantitative estimate of drug-likeness (QED) is 0.772. The van der Waals surface area contributed by atoms with Crippen molar-refractivity contribution < 1.29 is 19.1 Å². The molecule has 6 heteroatoms. The summed E-state index contributed by atoms with van der Waals surface area (Å²) < 4.78 is 10.5. The number of hydrogen-bond acceptors (Lipinski definition) is 5. The van der Waals surface area contributed by atoms with Gasteiger partial charge in [0.15, 0.2) is 0 Å². The Hall–Kier alpha value is -1.30. The SMILES string of the molecule is CCOC(=O)C1C2CC(N)C(C2)N1C(=O)OC(C)(C)C. The third kappa shape index (κ3) is 2.75. The van der Waals surface area contributed by atoms with E-state index in [2.05, 4.69) is 0 Å². The fraction of sp³-hybridized carbons (Fsp3) is 0.857. The number of nitrogens with zero attached hydrogens (tertiary/aromatic N) is 1. The third-order valence-electron chi connectivity index (χ3n) is 3.85. The number of ether oxygens (including phenoxy) is 2. The number of nitrogens with two attached hydrogens (primary N) is 1. The Morgan fingerprint density at radius 1 is 1.30 bits per heavy atom. The molecule has 1 amide bonds. The first kappa shape index (κ1) is 15.1. The van der Waals surface area contributed by atoms with E-state index in [1.54, 1.807) is 27.7 Å². The second-order valence-electron chi connectivity index (χ2n) is 6.55. The van der Waals surface area contributed by atoms with Gasteiger partial charge in [0.25, 0.3) is 0 Å². The van der Waals surface area contributed by atoms with Crippen molar-refractivity contribution in [3.63, 3.8) is 0 Å². The van der Waals surface area contributed by atoms with E-state index in [-0.39, 0.29) is 24.0 Å². The summed E-state index contributed by atoms with van der Waals surface area (Å²) in [5, 5.41) is 0. The molecule has 2 fully saturated rings. The van der Waals surface area contributed by atoms with Gasteiger partial charge in [-0.1, -0.05) is 0 Å². The van der Waals surface area contributed by atoms with Crippen molar-refractivity contribution in [3.8, 4) is 0 Å². The van der Waals surface area contributed by atoms with Crippen molar-refractivity contribution in [1.82, 2.24) is 4.90 Å². The van der Waals surface area contributed by atoms with Crippen LogP contribution in [0.3, 0.4) is 0 Å². The van der Waals surface area contributed by atoms with Crippen LogP contribution in [0.4, 0.5) is 4.79 Å². The number of esters is 1. The smallest absolute Gasteiger partial charge is 0.411 e. The number of fused-ring (bicyclic) bond motifs is 2. The Labute approximate surface area is 119 Å². The van der Waals surface area contributed by atoms with Gasteiger partial charge in [-0.15, -0.1) is 0 Å². The van der Waals surface area contributed by atoms with E-state index in [0.29, 0.717) is 6.61 Å². The fourth-order valence-corrected chi connectivity index (χ4v) is 3.20. The van der Waals surface area contributed by atoms with Gasteiger partial charge in [0.05, 0.1) is 12.6 Å². The average molecular weight is 284 g/mol. The van der Waals surface area contributed by atoms with Crippen LogP contribution in [-0.4, -0.2) is 47.3 Å². The second kappa shape index (κ2) is 5.24. The van der Waals surface area contributed by atoms with E-state index in [4.69, 9.17) is 15.2 Å². The number of hydrogen-bond donors (Lipinski definition) is 1. The molecule has 2 aliphatic rings. The number of carbonyl (C=O) groups is 2. The molecule has 4 atom stereocenters. The molecule has 2 N–H and O–H groups in total. The van der Waals surface area contributed by atoms with Crippen LogP contribution in [0.1, 0.15) is 40.5 Å². The first-order chi connectivity index (χ1) is 9.24. The van der Waals surface area contributed by atoms with E-state index < -0.39 is 17.7 Å². The largest absolute Gasteiger partial charge is 0.464 e. The molecule has 0 aromatic heterocycles. The standard InChI is InChI=1S/C14H24N2O4/c1-5-19-12(17)11-8-6-9(15)10(7-8)16(11)13(18)20-14(2,3)4/h8-11H,5-7,15H2,1-4H3. The van der Waals surface area contributed by atoms with E-state index in [0.717, 1.165) is 12.8 Å². The van der Waals surface area contributed by atoms with Gasteiger partial charge in [0.2, 0.25) is 0 Å². The Morgan fingerprint density at radius 3 is 2.50 bits per heavy atom. The van der Waals surface area contributed by atoms with Crippen LogP contribution in [0.5, 0.6) is 0 Å². The summed E-state index contributed by atoms with van der Waals surface area (Å²) in [7, 11) is 0. The van der Waals surface area contributed by atoms with Gasteiger partial charge in [-0.05, 0) is 46.5 Å². The molecule has 0 aromatic rings. The molecule has 4 unspecified atom stereocenters. The molecule has 114 valence electrons. The van der Waals surface area contributed by atoms with E-state index in [1.165, 1.54) is 4.90 Å². The maximum absolute atomic E-state index is 12.4. The van der Waals surface area contributed by atoms with Crippen LogP contribution in [-0.2, 0) is 14.3 Å². The Balaban J connectivity index is 2.18. The maximum atomic E-state index is 12.4. The van der Waals surface area contributed by atoms with Gasteiger partial charge in [0, 0.05) is 6.04 Å². The van der Waals surface area contributed by atoms with Crippen molar-refractivity contribution >= 4 is 12.1 Å². The Kier molecular flexibility index (Phi) is 3.95. The lowest BCUT2D eigenvalue weighted by Gasteiger charge is -2.37. The topological polar surface area (TPSA) is 81.9 Å². The monoisotopic (exact) mass is 284 g/mol. The zero-order valence-electron chi connectivity index (χ0n) is 12.6. The first-order valence-corrected chi connectivity index (χ1v) is 7.18. The number of carbonyl (C=O) groups excluding carboxylic acids is 2. The van der Waals surface area contributed by atoms with Gasteiger partial charge in [-0.25, -0.2) is 9.59 Å². The van der Waals surface area contributed by atoms with Crippen LogP contribution >= 0.6 is 0 Å². The lowest BCUT2D eigenvalue weighted by atomic mass is 9.97. The van der Waals surface area contributed by atoms with E-state index >= 15 is 0 Å². The molecule has 1 heterocycles. The minimum absolute atomic E-state index is 0.0848. The van der Waals surface area contributed by atoms with Crippen LogP contribution in [0, 0.1) is 5.92 Å². The number of amides is 1. The van der Waals surface area contributed by atoms with Gasteiger partial charge in [-0.2, -0.15) is 0 Å². The van der Waals surface area contributed by atoms with Crippen LogP contribution in [0.15, 0.2) is 0 Å². The van der Waals surface area contributed by atoms with Gasteiger partial charge in [-0.3, -0.25) is 4.90 Å². The van der Waals surface area contributed by atoms with Crippen molar-refractivity contribution in [1.29, 1.82) is 0 Å². The Bertz CT molecular complexity index is 404. The van der Waals surface area contributed by atoms with Crippen LogP contribution in [0.25, 0.3) is 0 Å². The molecular formula is C14H24N2O4. The first-order valence-electron chi connectivity index (χ1n) is 7.18. The zero-order chi connectivity index (χ0) is 15.1. The van der Waals surface area contributed by atoms with Gasteiger partial charge in [0.1, 0.15) is 11.6 Å². The molecule has 1 aliphatic carbocycles. The summed E-state index contributed by atoms with van der Waals surface area (Å²) in [4.78, 5) is 26.0. The molecular weight excluding hydrogens is 260 g/mol. The molecule has 6 nitrogen and oxygen atoms in total. The van der Waals surface area contributed by atoms with Crippen molar-refractivity contribution in [2.75, 3.05) is 6.61 Å². The highest BCUT2D eigenvalue weighted by Gasteiger charge is 2.56. The number of likely N-dealkylation sites (tertiary alicyclic amines) is 1. The summed E-state index contributed by atoms with van der Waals surface area (Å²) in [5.41, 5.74) is 5.45. The highest BCUT2D eigenvalue weighted by atomic mass is 16.6. The molecule has 2 bridgehead atoms. The lowest BCUT2D eigenvalue weighted by molar-refractivity contribution is -0.151. The number of rotatable bonds is 2. The Morgan fingerprint density at radius 2 is 1.95 bits per heavy atom. The predicted octanol–water partition coefficient (Wildman–Crippen LogP) is 1.27. The molecule has 0 spiro atoms. The van der Waals surface area contributed by atoms with Crippen molar-refractivity contribution in [2.45, 2.75) is 64.3 Å². The van der Waals surface area contributed by atoms with Gasteiger partial charge >= 0.3 is 12.1 Å². The summed E-state index contributed by atoms with van der Waals surface area (Å²) in [6.07, 6.45) is 1.04. The van der Waals surface area contributed by atoms with Gasteiger partial charge < -0.3 is 15.2 Å². The molecule has 20 heavy (non-hydrogen) atoms. The molecule has 1 saturated heterocycles. The van der Waals surface area contributed by atoms with Crippen LogP contribution in [0.2, 0.25) is 0 Å². The fourth-order valence-electron chi connectivity index (χ4n) is 3.20. The van der Waals surface area contributed by atoms with E-state index in [1.807, 2.05) is 0 Å². The minimum Gasteiger partial charge on any atom is -0.464 e. The highest BCUT2D eigenvalue weighted by molar-refractivity contribution is 5.83. The second-order valence-corrected chi connectivity index (χ2v) is 6.55. The summed E-state index contributed by atoms with van der Waals surface area (Å²) in [6, 6.07) is -0.753. The van der Waals surface area contributed by atoms with Crippen molar-refractivity contribution in [2.24, 2.45) is 11.7 Å². The summed E-state index contributed by atoms with van der Waals surface area (Å²) in [5.74, 6) is -0.265. The predicted molar refractivity (Wildman–Crippen MR) is 73.0 cm³/mol. The lowest BCUT2D eigenvalue weighted by Crippen LogP contribution is -2.57. The number of piperidine rings is 1. The highest BCUT2D eigenvalue weighted by Crippen LogP contribution is 2.43. The maximum Gasteiger partial charge on any atom is 0.411 e. The van der Waals surface area contributed by atoms with E-state index in [9.17, 15) is 9.59 Å². The molecule has 2 rings (SSSR count). The molecule has 0 aromatic carbocycles. The molecule has 1 aliphatic heterocycles. The normalized spacial score (nSPS) is 32.4. The molecule has 0 radical (unpaired) electrons. The zero-order valence-corrected chi connectivity index (χ0v) is 12.6. The third-order valence-corrected chi connectivity index (χ3v) is 3.85. The van der Waals surface area contributed by atoms with Crippen LogP contribution < -0.4 is 5.73 Å². The minimum atomic E-state index is -0.595. The van der Waals surface area contributed by atoms with Crippen molar-refractivity contribution in [3.05, 3.63) is 0 Å². The average Bonchev–Trinajstić information content (AvgIpc) is 2.82. The summed E-state index contributed by atoms with van der Waals surface area (Å²) in [6.45, 7) is 7.48. The molecule has 1 saturated carbocycles. The summed E-state index contributed by atoms with van der Waals surface area (Å²) >= 11 is 0.